The minimum Gasteiger partial charge on any atom is -0.491 e. The molecule has 0 fully saturated rings. The molecule has 0 saturated heterocycles. The first kappa shape index (κ1) is 11.4. The quantitative estimate of drug-likeness (QED) is 0.578. The van der Waals surface area contributed by atoms with Gasteiger partial charge in [-0.05, 0) is 25.1 Å². The maximum Gasteiger partial charge on any atom is 0.138 e. The maximum absolute atomic E-state index is 8.63. The minimum absolute atomic E-state index is 0.457. The van der Waals surface area contributed by atoms with Crippen molar-refractivity contribution >= 4 is 11.6 Å². The van der Waals surface area contributed by atoms with Crippen LogP contribution in [0.4, 0.5) is 0 Å². The van der Waals surface area contributed by atoms with Gasteiger partial charge in [0.2, 0.25) is 0 Å². The van der Waals surface area contributed by atoms with Crippen molar-refractivity contribution < 1.29 is 4.74 Å². The zero-order valence-electron chi connectivity index (χ0n) is 8.38. The zero-order chi connectivity index (χ0) is 11.1. The molecule has 0 amide bonds. The third-order valence-corrected chi connectivity index (χ3v) is 2.02. The lowest BCUT2D eigenvalue weighted by atomic mass is 10.2. The van der Waals surface area contributed by atoms with E-state index in [-0.39, 0.29) is 0 Å². The molecule has 1 aromatic rings. The first-order valence-corrected chi connectivity index (χ1v) is 4.87. The van der Waals surface area contributed by atoms with Crippen LogP contribution in [0.5, 0.6) is 5.75 Å². The van der Waals surface area contributed by atoms with E-state index in [1.165, 1.54) is 0 Å². The summed E-state index contributed by atoms with van der Waals surface area (Å²) < 4.78 is 5.39. The number of rotatable bonds is 3. The molecule has 0 unspecified atom stereocenters. The summed E-state index contributed by atoms with van der Waals surface area (Å²) in [4.78, 5) is 0. The molecule has 0 aliphatic carbocycles. The van der Waals surface area contributed by atoms with E-state index in [2.05, 4.69) is 11.8 Å². The summed E-state index contributed by atoms with van der Waals surface area (Å²) in [7, 11) is 0. The molecule has 2 nitrogen and oxygen atoms in total. The van der Waals surface area contributed by atoms with Gasteiger partial charge < -0.3 is 4.74 Å². The number of benzene rings is 1. The monoisotopic (exact) mass is 219 g/mol. The lowest BCUT2D eigenvalue weighted by Crippen LogP contribution is -1.96. The van der Waals surface area contributed by atoms with Crippen molar-refractivity contribution in [1.82, 2.24) is 0 Å². The van der Waals surface area contributed by atoms with Crippen LogP contribution in [0.25, 0.3) is 0 Å². The van der Waals surface area contributed by atoms with E-state index in [0.717, 1.165) is 0 Å². The van der Waals surface area contributed by atoms with Crippen molar-refractivity contribution in [2.45, 2.75) is 13.3 Å². The van der Waals surface area contributed by atoms with Gasteiger partial charge in [0, 0.05) is 6.42 Å². The van der Waals surface area contributed by atoms with Crippen molar-refractivity contribution in [2.75, 3.05) is 6.61 Å². The molecule has 15 heavy (non-hydrogen) atoms. The van der Waals surface area contributed by atoms with E-state index in [9.17, 15) is 0 Å². The third kappa shape index (κ3) is 3.54. The van der Waals surface area contributed by atoms with Crippen LogP contribution in [0.2, 0.25) is 5.02 Å². The third-order valence-electron chi connectivity index (χ3n) is 1.72. The number of ether oxygens (including phenoxy) is 1. The Morgan fingerprint density at radius 3 is 2.87 bits per heavy atom. The van der Waals surface area contributed by atoms with Gasteiger partial charge in [0.15, 0.2) is 0 Å². The zero-order valence-corrected chi connectivity index (χ0v) is 9.14. The average molecular weight is 220 g/mol. The Bertz CT molecular complexity index is 437. The van der Waals surface area contributed by atoms with E-state index in [1.807, 2.05) is 6.07 Å². The van der Waals surface area contributed by atoms with Gasteiger partial charge in [-0.1, -0.05) is 11.6 Å². The molecule has 3 heteroatoms. The lowest BCUT2D eigenvalue weighted by molar-refractivity contribution is 0.327. The highest BCUT2D eigenvalue weighted by Crippen LogP contribution is 2.25. The molecule has 0 radical (unpaired) electrons. The fourth-order valence-corrected chi connectivity index (χ4v) is 1.26. The van der Waals surface area contributed by atoms with Crippen molar-refractivity contribution in [3.05, 3.63) is 28.8 Å². The number of hydrogen-bond acceptors (Lipinski definition) is 2. The topological polar surface area (TPSA) is 33.0 Å². The molecule has 0 aliphatic rings. The van der Waals surface area contributed by atoms with Crippen LogP contribution in [-0.4, -0.2) is 6.61 Å². The van der Waals surface area contributed by atoms with Crippen LogP contribution in [0, 0.1) is 23.2 Å². The second-order valence-corrected chi connectivity index (χ2v) is 3.19. The van der Waals surface area contributed by atoms with Crippen molar-refractivity contribution in [3.63, 3.8) is 0 Å². The fraction of sp³-hybridized carbons (Fsp3) is 0.250. The van der Waals surface area contributed by atoms with Gasteiger partial charge in [-0.25, -0.2) is 0 Å². The Morgan fingerprint density at radius 2 is 2.27 bits per heavy atom. The van der Waals surface area contributed by atoms with Gasteiger partial charge in [0.1, 0.15) is 5.75 Å². The largest absolute Gasteiger partial charge is 0.491 e. The van der Waals surface area contributed by atoms with E-state index < -0.39 is 0 Å². The SMILES string of the molecule is CC#CCCOc1ccc(C#N)cc1Cl. The van der Waals surface area contributed by atoms with Crippen LogP contribution < -0.4 is 4.74 Å². The highest BCUT2D eigenvalue weighted by molar-refractivity contribution is 6.32. The summed E-state index contributed by atoms with van der Waals surface area (Å²) in [6.07, 6.45) is 0.673. The van der Waals surface area contributed by atoms with Crippen molar-refractivity contribution in [3.8, 4) is 23.7 Å². The molecule has 76 valence electrons. The summed E-state index contributed by atoms with van der Waals surface area (Å²) in [6.45, 7) is 2.29. The Balaban J connectivity index is 2.61. The summed E-state index contributed by atoms with van der Waals surface area (Å²) >= 11 is 5.91. The maximum atomic E-state index is 8.63. The molecular formula is C12H10ClNO. The number of hydrogen-bond donors (Lipinski definition) is 0. The summed E-state index contributed by atoms with van der Waals surface area (Å²) in [5.74, 6) is 6.26. The molecule has 0 aromatic heterocycles. The first-order valence-electron chi connectivity index (χ1n) is 4.50. The summed E-state index contributed by atoms with van der Waals surface area (Å²) in [6, 6.07) is 6.96. The molecule has 0 spiro atoms. The Hall–Kier alpha value is -1.64. The van der Waals surface area contributed by atoms with E-state index in [4.69, 9.17) is 21.6 Å². The number of nitriles is 1. The van der Waals surface area contributed by atoms with Crippen LogP contribution >= 0.6 is 11.6 Å². The van der Waals surface area contributed by atoms with Gasteiger partial charge in [-0.15, -0.1) is 11.8 Å². The van der Waals surface area contributed by atoms with Crippen molar-refractivity contribution in [2.24, 2.45) is 0 Å². The first-order chi connectivity index (χ1) is 7.27. The summed E-state index contributed by atoms with van der Waals surface area (Å²) in [5, 5.41) is 9.09. The second-order valence-electron chi connectivity index (χ2n) is 2.78. The molecule has 0 aliphatic heterocycles. The molecule has 1 aromatic carbocycles. The molecule has 1 rings (SSSR count). The molecule has 0 bridgehead atoms. The summed E-state index contributed by atoms with van der Waals surface area (Å²) in [5.41, 5.74) is 0.528. The standard InChI is InChI=1S/C12H10ClNO/c1-2-3-4-7-15-12-6-5-10(9-14)8-11(12)13/h5-6,8H,4,7H2,1H3. The van der Waals surface area contributed by atoms with Crippen LogP contribution in [0.15, 0.2) is 18.2 Å². The number of nitrogens with zero attached hydrogens (tertiary/aromatic N) is 1. The Morgan fingerprint density at radius 1 is 1.47 bits per heavy atom. The van der Waals surface area contributed by atoms with Crippen LogP contribution in [0.1, 0.15) is 18.9 Å². The van der Waals surface area contributed by atoms with Gasteiger partial charge in [-0.3, -0.25) is 0 Å². The van der Waals surface area contributed by atoms with E-state index in [1.54, 1.807) is 25.1 Å². The number of halogens is 1. The Labute approximate surface area is 94.4 Å². The molecule has 0 saturated carbocycles. The van der Waals surface area contributed by atoms with E-state index in [0.29, 0.717) is 29.4 Å². The fourth-order valence-electron chi connectivity index (χ4n) is 1.02. The normalized spacial score (nSPS) is 8.60. The lowest BCUT2D eigenvalue weighted by Gasteiger charge is -2.05. The molecule has 0 N–H and O–H groups in total. The van der Waals surface area contributed by atoms with Crippen LogP contribution in [0.3, 0.4) is 0 Å². The van der Waals surface area contributed by atoms with Crippen LogP contribution in [-0.2, 0) is 0 Å². The van der Waals surface area contributed by atoms with E-state index >= 15 is 0 Å². The minimum atomic E-state index is 0.457. The van der Waals surface area contributed by atoms with Gasteiger partial charge >= 0.3 is 0 Å². The molecule has 0 atom stereocenters. The second kappa shape index (κ2) is 5.96. The Kier molecular flexibility index (Phi) is 4.54. The smallest absolute Gasteiger partial charge is 0.138 e. The predicted molar refractivity (Wildman–Crippen MR) is 59.7 cm³/mol. The van der Waals surface area contributed by atoms with Crippen molar-refractivity contribution in [1.29, 1.82) is 5.26 Å². The van der Waals surface area contributed by atoms with Gasteiger partial charge in [-0.2, -0.15) is 5.26 Å². The van der Waals surface area contributed by atoms with Gasteiger partial charge in [0.05, 0.1) is 23.3 Å². The molecular weight excluding hydrogens is 210 g/mol. The molecule has 0 heterocycles. The van der Waals surface area contributed by atoms with Gasteiger partial charge in [0.25, 0.3) is 0 Å². The average Bonchev–Trinajstić information content (AvgIpc) is 2.26. The predicted octanol–water partition coefficient (Wildman–Crippen LogP) is 3.00. The highest BCUT2D eigenvalue weighted by Gasteiger charge is 2.01. The highest BCUT2D eigenvalue weighted by atomic mass is 35.5.